The zero-order valence-electron chi connectivity index (χ0n) is 40.0. The number of carbonyl (C=O) groups is 6. The molecule has 0 aliphatic heterocycles. The van der Waals surface area contributed by atoms with E-state index < -0.39 is 57.8 Å². The largest absolute Gasteiger partial charge is 0.494 e. The third-order valence-corrected chi connectivity index (χ3v) is 11.5. The molecule has 14 nitrogen and oxygen atoms in total. The van der Waals surface area contributed by atoms with Crippen LogP contribution in [0.1, 0.15) is 125 Å². The van der Waals surface area contributed by atoms with Gasteiger partial charge in [0.05, 0.1) is 37.6 Å². The van der Waals surface area contributed by atoms with Crippen LogP contribution in [-0.2, 0) is 0 Å². The SMILES string of the molecule is O=C(C=Cc1ccc(OCCCCCCOc2c(-c3ccc(C(=O)O)c(C(=O)O)c3OCCCCCCOc3ccc(C=CC(=O)c4ccc(F)cc4)cc3)ccc(C(=O)O)c2C(=O)O)cc1)c1ccc(F)cc1. The average Bonchev–Trinajstić information content (AvgIpc) is 3.39. The Kier molecular flexibility index (Phi) is 19.9. The van der Waals surface area contributed by atoms with Gasteiger partial charge in [-0.25, -0.2) is 28.0 Å². The van der Waals surface area contributed by atoms with Gasteiger partial charge in [-0.15, -0.1) is 0 Å². The monoisotopic (exact) mass is 1010 g/mol. The number of ether oxygens (including phenoxy) is 4. The second kappa shape index (κ2) is 27.1. The molecule has 0 radical (unpaired) electrons. The third-order valence-electron chi connectivity index (χ3n) is 11.5. The molecule has 0 atom stereocenters. The zero-order valence-corrected chi connectivity index (χ0v) is 40.0. The van der Waals surface area contributed by atoms with Crippen molar-refractivity contribution in [2.24, 2.45) is 0 Å². The van der Waals surface area contributed by atoms with E-state index in [1.165, 1.54) is 72.8 Å². The molecular weight excluding hydrogens is 959 g/mol. The van der Waals surface area contributed by atoms with Crippen molar-refractivity contribution in [2.45, 2.75) is 51.4 Å². The van der Waals surface area contributed by atoms with Gasteiger partial charge in [-0.1, -0.05) is 36.4 Å². The van der Waals surface area contributed by atoms with Crippen LogP contribution in [0.5, 0.6) is 23.0 Å². The maximum Gasteiger partial charge on any atom is 0.340 e. The summed E-state index contributed by atoms with van der Waals surface area (Å²) in [7, 11) is 0. The molecule has 4 N–H and O–H groups in total. The molecule has 0 unspecified atom stereocenters. The average molecular weight is 1010 g/mol. The normalized spacial score (nSPS) is 11.1. The molecule has 0 saturated heterocycles. The molecule has 0 spiro atoms. The molecule has 0 saturated carbocycles. The van der Waals surface area contributed by atoms with Crippen LogP contribution in [-0.4, -0.2) is 82.3 Å². The number of hydrogen-bond donors (Lipinski definition) is 4. The molecule has 16 heteroatoms. The Bertz CT molecular complexity index is 2790. The summed E-state index contributed by atoms with van der Waals surface area (Å²) < 4.78 is 50.2. The van der Waals surface area contributed by atoms with Crippen LogP contribution in [0.3, 0.4) is 0 Å². The molecule has 0 fully saturated rings. The highest BCUT2D eigenvalue weighted by Gasteiger charge is 2.30. The van der Waals surface area contributed by atoms with Gasteiger partial charge in [-0.05, 0) is 172 Å². The molecule has 0 amide bonds. The van der Waals surface area contributed by atoms with Crippen LogP contribution >= 0.6 is 0 Å². The fraction of sp³-hybridized carbons (Fsp3) is 0.207. The smallest absolute Gasteiger partial charge is 0.340 e. The summed E-state index contributed by atoms with van der Waals surface area (Å²) in [5.74, 6) is -7.19. The number of halogens is 2. The second-order valence-electron chi connectivity index (χ2n) is 16.7. The Morgan fingerprint density at radius 2 is 0.703 bits per heavy atom. The van der Waals surface area contributed by atoms with Crippen molar-refractivity contribution in [3.8, 4) is 34.1 Å². The highest BCUT2D eigenvalue weighted by atomic mass is 19.1. The summed E-state index contributed by atoms with van der Waals surface area (Å²) in [6, 6.07) is 29.4. The quantitative estimate of drug-likeness (QED) is 0.0195. The zero-order chi connectivity index (χ0) is 53.0. The molecule has 6 rings (SSSR count). The summed E-state index contributed by atoms with van der Waals surface area (Å²) >= 11 is 0. The summed E-state index contributed by atoms with van der Waals surface area (Å²) in [5, 5.41) is 40.5. The van der Waals surface area contributed by atoms with Gasteiger partial charge in [0.2, 0.25) is 0 Å². The first-order chi connectivity index (χ1) is 35.7. The topological polar surface area (TPSA) is 220 Å². The fourth-order valence-corrected chi connectivity index (χ4v) is 7.63. The van der Waals surface area contributed by atoms with E-state index in [1.807, 2.05) is 0 Å². The first kappa shape index (κ1) is 54.4. The van der Waals surface area contributed by atoms with Crippen molar-refractivity contribution in [2.75, 3.05) is 26.4 Å². The van der Waals surface area contributed by atoms with E-state index >= 15 is 0 Å². The van der Waals surface area contributed by atoms with Gasteiger partial charge in [0, 0.05) is 22.3 Å². The number of aromatic carboxylic acids is 4. The van der Waals surface area contributed by atoms with E-state index in [0.717, 1.165) is 23.3 Å². The summed E-state index contributed by atoms with van der Waals surface area (Å²) in [6.07, 6.45) is 10.8. The Labute approximate surface area is 424 Å². The highest BCUT2D eigenvalue weighted by Crippen LogP contribution is 2.43. The number of carboxylic acid groups (broad SMARTS) is 4. The van der Waals surface area contributed by atoms with E-state index in [2.05, 4.69) is 0 Å². The van der Waals surface area contributed by atoms with E-state index in [9.17, 15) is 58.0 Å². The second-order valence-corrected chi connectivity index (χ2v) is 16.7. The van der Waals surface area contributed by atoms with Crippen molar-refractivity contribution in [1.82, 2.24) is 0 Å². The van der Waals surface area contributed by atoms with Gasteiger partial charge < -0.3 is 39.4 Å². The Hall–Kier alpha value is -8.92. The lowest BCUT2D eigenvalue weighted by Gasteiger charge is -2.20. The highest BCUT2D eigenvalue weighted by molar-refractivity contribution is 6.09. The van der Waals surface area contributed by atoms with Crippen LogP contribution in [0.25, 0.3) is 23.3 Å². The molecule has 6 aromatic rings. The molecule has 0 heterocycles. The van der Waals surface area contributed by atoms with Crippen molar-refractivity contribution in [3.05, 3.63) is 190 Å². The lowest BCUT2D eigenvalue weighted by molar-refractivity contribution is 0.0647. The first-order valence-electron chi connectivity index (χ1n) is 23.6. The van der Waals surface area contributed by atoms with Gasteiger partial charge in [0.1, 0.15) is 45.8 Å². The number of hydrogen-bond acceptors (Lipinski definition) is 10. The minimum atomic E-state index is -1.62. The molecular formula is C58H52F2O14. The van der Waals surface area contributed by atoms with Crippen LogP contribution in [0, 0.1) is 11.6 Å². The summed E-state index contributed by atoms with van der Waals surface area (Å²) in [4.78, 5) is 74.6. The van der Waals surface area contributed by atoms with Crippen molar-refractivity contribution < 1.29 is 76.9 Å². The lowest BCUT2D eigenvalue weighted by Crippen LogP contribution is -2.15. The van der Waals surface area contributed by atoms with E-state index in [0.29, 0.717) is 87.2 Å². The molecule has 0 bridgehead atoms. The van der Waals surface area contributed by atoms with E-state index in [1.54, 1.807) is 60.7 Å². The lowest BCUT2D eigenvalue weighted by atomic mass is 9.93. The standard InChI is InChI=1S/C58H52F2O14/c59-41-19-15-39(16-20-41)49(61)31-13-37-9-23-43(24-10-37)71-33-5-1-3-7-35-73-53-45(27-29-47(55(63)64)51(53)57(67)68)46-28-30-48(56(65)66)52(58(69)70)54(46)74-36-8-4-2-6-34-72-44-25-11-38(12-26-44)14-32-50(62)40-17-21-42(60)22-18-40/h9-32H,1-8,33-36H2,(H,63,64)(H,65,66)(H,67,68)(H,69,70). The van der Waals surface area contributed by atoms with Gasteiger partial charge in [-0.2, -0.15) is 0 Å². The number of rotatable bonds is 29. The van der Waals surface area contributed by atoms with Crippen molar-refractivity contribution in [3.63, 3.8) is 0 Å². The number of allylic oxidation sites excluding steroid dienone is 2. The number of unbranched alkanes of at least 4 members (excludes halogenated alkanes) is 6. The molecule has 0 aromatic heterocycles. The van der Waals surface area contributed by atoms with E-state index in [-0.39, 0.29) is 47.4 Å². The number of carboxylic acids is 4. The summed E-state index contributed by atoms with van der Waals surface area (Å²) in [5.41, 5.74) is -0.295. The molecule has 6 aromatic carbocycles. The summed E-state index contributed by atoms with van der Waals surface area (Å²) in [6.45, 7) is 0.650. The minimum absolute atomic E-state index is 0.0177. The van der Waals surface area contributed by atoms with Crippen LogP contribution in [0.4, 0.5) is 8.78 Å². The maximum absolute atomic E-state index is 13.2. The number of carbonyl (C=O) groups excluding carboxylic acids is 2. The van der Waals surface area contributed by atoms with Gasteiger partial charge in [0.25, 0.3) is 0 Å². The number of ketones is 2. The number of benzene rings is 6. The van der Waals surface area contributed by atoms with Gasteiger partial charge >= 0.3 is 23.9 Å². The molecule has 74 heavy (non-hydrogen) atoms. The minimum Gasteiger partial charge on any atom is -0.494 e. The van der Waals surface area contributed by atoms with Crippen LogP contribution in [0.2, 0.25) is 0 Å². The van der Waals surface area contributed by atoms with Gasteiger partial charge in [0.15, 0.2) is 11.6 Å². The predicted molar refractivity (Wildman–Crippen MR) is 271 cm³/mol. The van der Waals surface area contributed by atoms with Crippen LogP contribution < -0.4 is 18.9 Å². The molecule has 0 aliphatic rings. The molecule has 0 aliphatic carbocycles. The van der Waals surface area contributed by atoms with Crippen LogP contribution in [0.15, 0.2) is 133 Å². The third kappa shape index (κ3) is 15.5. The van der Waals surface area contributed by atoms with Crippen molar-refractivity contribution >= 4 is 47.6 Å². The maximum atomic E-state index is 13.2. The van der Waals surface area contributed by atoms with E-state index in [4.69, 9.17) is 18.9 Å². The Morgan fingerprint density at radius 1 is 0.378 bits per heavy atom. The fourth-order valence-electron chi connectivity index (χ4n) is 7.63. The predicted octanol–water partition coefficient (Wildman–Crippen LogP) is 12.3. The van der Waals surface area contributed by atoms with Gasteiger partial charge in [-0.3, -0.25) is 9.59 Å². The Morgan fingerprint density at radius 3 is 1.01 bits per heavy atom. The first-order valence-corrected chi connectivity index (χ1v) is 23.6. The molecule has 382 valence electrons. The van der Waals surface area contributed by atoms with Crippen molar-refractivity contribution in [1.29, 1.82) is 0 Å². The Balaban J connectivity index is 1.02.